The number of thiophene rings is 1. The van der Waals surface area contributed by atoms with Crippen molar-refractivity contribution >= 4 is 45.1 Å². The molecule has 1 saturated heterocycles. The standard InChI is InChI=1S/C19H24N4O3S2/c1-10-2-3-12-13(8-10)28-18-15(12)17(26)21-19(22-18)27-9-14(24)23-6-4-11(5-7-23)16(20)25/h10-11H,2-9H2,1H3,(H2,20,25)(H,21,22,26)/t10-/m0/s1. The van der Waals surface area contributed by atoms with Crippen molar-refractivity contribution in [2.24, 2.45) is 17.6 Å². The summed E-state index contributed by atoms with van der Waals surface area (Å²) in [6, 6.07) is 0. The number of aromatic nitrogens is 2. The molecular weight excluding hydrogens is 396 g/mol. The highest BCUT2D eigenvalue weighted by Crippen LogP contribution is 2.36. The second-order valence-corrected chi connectivity index (χ2v) is 9.80. The van der Waals surface area contributed by atoms with Gasteiger partial charge in [0.15, 0.2) is 5.16 Å². The zero-order valence-corrected chi connectivity index (χ0v) is 17.5. The normalized spacial score (nSPS) is 20.3. The van der Waals surface area contributed by atoms with Gasteiger partial charge in [-0.25, -0.2) is 4.98 Å². The number of piperidine rings is 1. The summed E-state index contributed by atoms with van der Waals surface area (Å²) in [5, 5.41) is 1.22. The quantitative estimate of drug-likeness (QED) is 0.580. The third-order valence-electron chi connectivity index (χ3n) is 5.73. The van der Waals surface area contributed by atoms with E-state index in [2.05, 4.69) is 16.9 Å². The van der Waals surface area contributed by atoms with Crippen LogP contribution < -0.4 is 11.3 Å². The number of hydrogen-bond donors (Lipinski definition) is 2. The van der Waals surface area contributed by atoms with Gasteiger partial charge < -0.3 is 15.6 Å². The van der Waals surface area contributed by atoms with Crippen LogP contribution in [0.25, 0.3) is 10.2 Å². The molecule has 1 aliphatic carbocycles. The van der Waals surface area contributed by atoms with E-state index >= 15 is 0 Å². The van der Waals surface area contributed by atoms with Crippen molar-refractivity contribution in [1.29, 1.82) is 0 Å². The largest absolute Gasteiger partial charge is 0.369 e. The first-order chi connectivity index (χ1) is 13.4. The summed E-state index contributed by atoms with van der Waals surface area (Å²) in [6.07, 6.45) is 4.29. The van der Waals surface area contributed by atoms with Crippen LogP contribution in [0.2, 0.25) is 0 Å². The maximum absolute atomic E-state index is 12.6. The molecule has 150 valence electrons. The second kappa shape index (κ2) is 7.87. The molecule has 3 N–H and O–H groups in total. The molecule has 2 aromatic heterocycles. The lowest BCUT2D eigenvalue weighted by atomic mass is 9.89. The van der Waals surface area contributed by atoms with E-state index in [1.807, 2.05) is 0 Å². The van der Waals surface area contributed by atoms with Crippen molar-refractivity contribution in [3.05, 3.63) is 20.8 Å². The maximum atomic E-state index is 12.6. The Labute approximate surface area is 171 Å². The van der Waals surface area contributed by atoms with Crippen molar-refractivity contribution in [1.82, 2.24) is 14.9 Å². The van der Waals surface area contributed by atoms with E-state index in [4.69, 9.17) is 5.73 Å². The van der Waals surface area contributed by atoms with Crippen LogP contribution in [0.3, 0.4) is 0 Å². The number of aryl methyl sites for hydroxylation is 1. The van der Waals surface area contributed by atoms with Gasteiger partial charge in [0.2, 0.25) is 11.8 Å². The number of amides is 2. The number of primary amides is 1. The average Bonchev–Trinajstić information content (AvgIpc) is 3.03. The number of H-pyrrole nitrogens is 1. The fraction of sp³-hybridized carbons (Fsp3) is 0.579. The zero-order chi connectivity index (χ0) is 19.8. The van der Waals surface area contributed by atoms with Gasteiger partial charge in [-0.15, -0.1) is 11.3 Å². The van der Waals surface area contributed by atoms with E-state index in [1.54, 1.807) is 16.2 Å². The highest BCUT2D eigenvalue weighted by atomic mass is 32.2. The number of rotatable bonds is 4. The van der Waals surface area contributed by atoms with Crippen molar-refractivity contribution in [2.45, 2.75) is 44.2 Å². The third kappa shape index (κ3) is 3.82. The predicted molar refractivity (Wildman–Crippen MR) is 111 cm³/mol. The van der Waals surface area contributed by atoms with Gasteiger partial charge in [-0.3, -0.25) is 14.4 Å². The predicted octanol–water partition coefficient (Wildman–Crippen LogP) is 1.93. The molecule has 0 bridgehead atoms. The number of hydrogen-bond acceptors (Lipinski definition) is 6. The van der Waals surface area contributed by atoms with Crippen LogP contribution >= 0.6 is 23.1 Å². The topological polar surface area (TPSA) is 109 Å². The zero-order valence-electron chi connectivity index (χ0n) is 15.8. The molecule has 2 aromatic rings. The third-order valence-corrected chi connectivity index (χ3v) is 7.73. The van der Waals surface area contributed by atoms with Crippen molar-refractivity contribution in [3.63, 3.8) is 0 Å². The van der Waals surface area contributed by atoms with Gasteiger partial charge in [-0.1, -0.05) is 18.7 Å². The molecule has 4 rings (SSSR count). The molecule has 0 aromatic carbocycles. The summed E-state index contributed by atoms with van der Waals surface area (Å²) in [4.78, 5) is 47.6. The molecule has 9 heteroatoms. The molecule has 0 spiro atoms. The van der Waals surface area contributed by atoms with E-state index in [-0.39, 0.29) is 29.0 Å². The van der Waals surface area contributed by atoms with Crippen molar-refractivity contribution < 1.29 is 9.59 Å². The Bertz CT molecular complexity index is 975. The minimum atomic E-state index is -0.287. The fourth-order valence-electron chi connectivity index (χ4n) is 4.03. The number of carbonyl (C=O) groups is 2. The summed E-state index contributed by atoms with van der Waals surface area (Å²) in [5.41, 5.74) is 6.40. The Kier molecular flexibility index (Phi) is 5.46. The van der Waals surface area contributed by atoms with Gasteiger partial charge in [-0.2, -0.15) is 0 Å². The van der Waals surface area contributed by atoms with E-state index < -0.39 is 0 Å². The van der Waals surface area contributed by atoms with Crippen molar-refractivity contribution in [3.8, 4) is 0 Å². The number of thioether (sulfide) groups is 1. The van der Waals surface area contributed by atoms with Gasteiger partial charge >= 0.3 is 0 Å². The molecule has 1 fully saturated rings. The molecule has 0 saturated carbocycles. The first-order valence-electron chi connectivity index (χ1n) is 9.67. The van der Waals surface area contributed by atoms with E-state index in [0.29, 0.717) is 37.0 Å². The van der Waals surface area contributed by atoms with Crippen LogP contribution in [0.5, 0.6) is 0 Å². The number of carbonyl (C=O) groups excluding carboxylic acids is 2. The number of aromatic amines is 1. The molecule has 1 aliphatic heterocycles. The van der Waals surface area contributed by atoms with Crippen LogP contribution in [0.1, 0.15) is 36.6 Å². The van der Waals surface area contributed by atoms with E-state index in [9.17, 15) is 14.4 Å². The van der Waals surface area contributed by atoms with Gasteiger partial charge in [0, 0.05) is 23.9 Å². The Hall–Kier alpha value is -1.87. The number of likely N-dealkylation sites (tertiary alicyclic amines) is 1. The molecule has 2 amide bonds. The molecule has 28 heavy (non-hydrogen) atoms. The minimum Gasteiger partial charge on any atom is -0.369 e. The minimum absolute atomic E-state index is 0.00466. The van der Waals surface area contributed by atoms with E-state index in [0.717, 1.165) is 35.0 Å². The maximum Gasteiger partial charge on any atom is 0.260 e. The van der Waals surface area contributed by atoms with Crippen molar-refractivity contribution in [2.75, 3.05) is 18.8 Å². The SMILES string of the molecule is C[C@H]1CCc2c(sc3nc(SCC(=O)N4CCC(C(N)=O)CC4)[nH]c(=O)c23)C1. The lowest BCUT2D eigenvalue weighted by molar-refractivity contribution is -0.132. The van der Waals surface area contributed by atoms with Crippen LogP contribution in [0.4, 0.5) is 0 Å². The average molecular weight is 421 g/mol. The van der Waals surface area contributed by atoms with Crippen LogP contribution in [-0.2, 0) is 22.4 Å². The van der Waals surface area contributed by atoms with Crippen LogP contribution in [0.15, 0.2) is 9.95 Å². The fourth-order valence-corrected chi connectivity index (χ4v) is 6.24. The number of fused-ring (bicyclic) bond motifs is 3. The van der Waals surface area contributed by atoms with E-state index in [1.165, 1.54) is 16.6 Å². The number of nitrogens with zero attached hydrogens (tertiary/aromatic N) is 2. The molecular formula is C19H24N4O3S2. The lowest BCUT2D eigenvalue weighted by Gasteiger charge is -2.30. The molecule has 0 unspecified atom stereocenters. The van der Waals surface area contributed by atoms with Gasteiger partial charge in [0.05, 0.1) is 11.1 Å². The molecule has 2 aliphatic rings. The highest BCUT2D eigenvalue weighted by Gasteiger charge is 2.26. The summed E-state index contributed by atoms with van der Waals surface area (Å²) < 4.78 is 0. The second-order valence-electron chi connectivity index (χ2n) is 7.75. The Morgan fingerprint density at radius 1 is 1.32 bits per heavy atom. The molecule has 3 heterocycles. The monoisotopic (exact) mass is 420 g/mol. The Morgan fingerprint density at radius 3 is 2.79 bits per heavy atom. The van der Waals surface area contributed by atoms with Crippen LogP contribution in [-0.4, -0.2) is 45.5 Å². The van der Waals surface area contributed by atoms with Crippen LogP contribution in [0, 0.1) is 11.8 Å². The van der Waals surface area contributed by atoms with Gasteiger partial charge in [0.1, 0.15) is 4.83 Å². The molecule has 0 radical (unpaired) electrons. The highest BCUT2D eigenvalue weighted by molar-refractivity contribution is 7.99. The Balaban J connectivity index is 1.43. The first-order valence-corrected chi connectivity index (χ1v) is 11.5. The first kappa shape index (κ1) is 19.4. The Morgan fingerprint density at radius 2 is 2.07 bits per heavy atom. The lowest BCUT2D eigenvalue weighted by Crippen LogP contribution is -2.42. The molecule has 1 atom stereocenters. The number of nitrogens with two attached hydrogens (primary N) is 1. The number of nitrogens with one attached hydrogen (secondary N) is 1. The summed E-state index contributed by atoms with van der Waals surface area (Å²) in [6.45, 7) is 3.34. The summed E-state index contributed by atoms with van der Waals surface area (Å²) in [5.74, 6) is 0.437. The summed E-state index contributed by atoms with van der Waals surface area (Å²) >= 11 is 2.88. The summed E-state index contributed by atoms with van der Waals surface area (Å²) in [7, 11) is 0. The smallest absolute Gasteiger partial charge is 0.260 e. The van der Waals surface area contributed by atoms with Gasteiger partial charge in [0.25, 0.3) is 5.56 Å². The van der Waals surface area contributed by atoms with Gasteiger partial charge in [-0.05, 0) is 43.6 Å². The molecule has 7 nitrogen and oxygen atoms in total.